The molecule has 0 aliphatic heterocycles. The molecule has 116 valence electrons. The number of aromatic amines is 1. The monoisotopic (exact) mass is 328 g/mol. The van der Waals surface area contributed by atoms with Crippen LogP contribution >= 0.6 is 0 Å². The van der Waals surface area contributed by atoms with E-state index in [9.17, 15) is 21.6 Å². The maximum absolute atomic E-state index is 12.7. The highest BCUT2D eigenvalue weighted by atomic mass is 32.2. The van der Waals surface area contributed by atoms with Crippen LogP contribution in [0, 0.1) is 0 Å². The third-order valence-corrected chi connectivity index (χ3v) is 3.84. The zero-order valence-electron chi connectivity index (χ0n) is 11.3. The quantitative estimate of drug-likeness (QED) is 0.753. The van der Waals surface area contributed by atoms with E-state index in [2.05, 4.69) is 9.71 Å². The SMILES string of the molecule is CS(=O)(=O)Nc1ccc2[nH]c3cc(C(F)(F)F)ccc3c2c1. The summed E-state index contributed by atoms with van der Waals surface area (Å²) in [6.45, 7) is 0. The lowest BCUT2D eigenvalue weighted by Crippen LogP contribution is -2.09. The highest BCUT2D eigenvalue weighted by Gasteiger charge is 2.30. The van der Waals surface area contributed by atoms with Crippen molar-refractivity contribution in [2.45, 2.75) is 6.18 Å². The summed E-state index contributed by atoms with van der Waals surface area (Å²) in [5.74, 6) is 0. The van der Waals surface area contributed by atoms with Crippen LogP contribution in [-0.2, 0) is 16.2 Å². The molecule has 0 amide bonds. The molecule has 2 N–H and O–H groups in total. The van der Waals surface area contributed by atoms with Gasteiger partial charge in [0, 0.05) is 27.5 Å². The van der Waals surface area contributed by atoms with Gasteiger partial charge in [-0.2, -0.15) is 13.2 Å². The van der Waals surface area contributed by atoms with Crippen molar-refractivity contribution in [2.24, 2.45) is 0 Å². The Balaban J connectivity index is 2.18. The Morgan fingerprint density at radius 3 is 2.36 bits per heavy atom. The molecule has 8 heteroatoms. The fourth-order valence-corrected chi connectivity index (χ4v) is 2.91. The maximum Gasteiger partial charge on any atom is 0.416 e. The van der Waals surface area contributed by atoms with E-state index in [1.54, 1.807) is 18.2 Å². The summed E-state index contributed by atoms with van der Waals surface area (Å²) in [4.78, 5) is 2.90. The van der Waals surface area contributed by atoms with Crippen molar-refractivity contribution in [3.63, 3.8) is 0 Å². The van der Waals surface area contributed by atoms with Gasteiger partial charge >= 0.3 is 6.18 Å². The Morgan fingerprint density at radius 2 is 1.73 bits per heavy atom. The third-order valence-electron chi connectivity index (χ3n) is 3.23. The van der Waals surface area contributed by atoms with E-state index in [0.29, 0.717) is 27.5 Å². The second-order valence-electron chi connectivity index (χ2n) is 5.02. The minimum atomic E-state index is -4.41. The van der Waals surface area contributed by atoms with E-state index in [1.165, 1.54) is 6.07 Å². The van der Waals surface area contributed by atoms with Gasteiger partial charge in [0.1, 0.15) is 0 Å². The van der Waals surface area contributed by atoms with Gasteiger partial charge < -0.3 is 4.98 Å². The Hall–Kier alpha value is -2.22. The minimum absolute atomic E-state index is 0.348. The van der Waals surface area contributed by atoms with Crippen LogP contribution in [0.3, 0.4) is 0 Å². The summed E-state index contributed by atoms with van der Waals surface area (Å²) in [7, 11) is -3.42. The molecule has 4 nitrogen and oxygen atoms in total. The standard InChI is InChI=1S/C14H11F3N2O2S/c1-22(20,21)19-9-3-5-12-11(7-9)10-4-2-8(14(15,16)17)6-13(10)18-12/h2-7,18-19H,1H3. The van der Waals surface area contributed by atoms with Gasteiger partial charge in [-0.3, -0.25) is 4.72 Å². The first-order valence-corrected chi connectivity index (χ1v) is 8.13. The first kappa shape index (κ1) is 14.7. The van der Waals surface area contributed by atoms with Crippen LogP contribution in [0.15, 0.2) is 36.4 Å². The molecule has 1 aromatic heterocycles. The molecule has 0 fully saturated rings. The lowest BCUT2D eigenvalue weighted by molar-refractivity contribution is -0.137. The Kier molecular flexibility index (Phi) is 3.10. The summed E-state index contributed by atoms with van der Waals surface area (Å²) < 4.78 is 63.0. The average molecular weight is 328 g/mol. The fraction of sp³-hybridized carbons (Fsp3) is 0.143. The number of benzene rings is 2. The number of hydrogen-bond acceptors (Lipinski definition) is 2. The normalized spacial score (nSPS) is 12.9. The van der Waals surface area contributed by atoms with Crippen LogP contribution in [0.2, 0.25) is 0 Å². The second kappa shape index (κ2) is 4.64. The summed E-state index contributed by atoms with van der Waals surface area (Å²) in [5.41, 5.74) is 0.603. The molecule has 0 spiro atoms. The smallest absolute Gasteiger partial charge is 0.354 e. The van der Waals surface area contributed by atoms with Gasteiger partial charge in [-0.05, 0) is 30.3 Å². The van der Waals surface area contributed by atoms with Crippen molar-refractivity contribution >= 4 is 37.5 Å². The summed E-state index contributed by atoms with van der Waals surface area (Å²) >= 11 is 0. The predicted molar refractivity (Wildman–Crippen MR) is 79.3 cm³/mol. The lowest BCUT2D eigenvalue weighted by atomic mass is 10.1. The van der Waals surface area contributed by atoms with E-state index in [-0.39, 0.29) is 0 Å². The number of halogens is 3. The number of hydrogen-bond donors (Lipinski definition) is 2. The molecule has 0 aliphatic rings. The molecule has 0 aliphatic carbocycles. The zero-order valence-corrected chi connectivity index (χ0v) is 12.1. The number of rotatable bonds is 2. The van der Waals surface area contributed by atoms with Gasteiger partial charge in [0.15, 0.2) is 0 Å². The van der Waals surface area contributed by atoms with Gasteiger partial charge in [-0.15, -0.1) is 0 Å². The van der Waals surface area contributed by atoms with Gasteiger partial charge in [-0.25, -0.2) is 8.42 Å². The molecule has 3 aromatic rings. The zero-order chi connectivity index (χ0) is 16.1. The van der Waals surface area contributed by atoms with Gasteiger partial charge in [0.25, 0.3) is 0 Å². The molecule has 0 bridgehead atoms. The second-order valence-corrected chi connectivity index (χ2v) is 6.77. The highest BCUT2D eigenvalue weighted by molar-refractivity contribution is 7.92. The van der Waals surface area contributed by atoms with Crippen LogP contribution in [0.25, 0.3) is 21.8 Å². The highest BCUT2D eigenvalue weighted by Crippen LogP contribution is 2.34. The number of aromatic nitrogens is 1. The van der Waals surface area contributed by atoms with Gasteiger partial charge in [-0.1, -0.05) is 6.07 Å². The Morgan fingerprint density at radius 1 is 1.00 bits per heavy atom. The van der Waals surface area contributed by atoms with Crippen molar-refractivity contribution in [2.75, 3.05) is 11.0 Å². The molecule has 0 saturated heterocycles. The fourth-order valence-electron chi connectivity index (χ4n) is 2.36. The minimum Gasteiger partial charge on any atom is -0.354 e. The van der Waals surface area contributed by atoms with E-state index < -0.39 is 21.8 Å². The number of sulfonamides is 1. The molecule has 2 aromatic carbocycles. The summed E-state index contributed by atoms with van der Waals surface area (Å²) in [6.07, 6.45) is -3.38. The van der Waals surface area contributed by atoms with Crippen LogP contribution in [-0.4, -0.2) is 19.7 Å². The van der Waals surface area contributed by atoms with Crippen molar-refractivity contribution in [3.05, 3.63) is 42.0 Å². The van der Waals surface area contributed by atoms with Crippen molar-refractivity contribution in [1.29, 1.82) is 0 Å². The van der Waals surface area contributed by atoms with Crippen molar-refractivity contribution < 1.29 is 21.6 Å². The summed E-state index contributed by atoms with van der Waals surface area (Å²) in [5, 5.41) is 1.25. The average Bonchev–Trinajstić information content (AvgIpc) is 2.73. The van der Waals surface area contributed by atoms with Crippen LogP contribution in [0.5, 0.6) is 0 Å². The molecule has 22 heavy (non-hydrogen) atoms. The molecule has 0 saturated carbocycles. The predicted octanol–water partition coefficient (Wildman–Crippen LogP) is 3.71. The van der Waals surface area contributed by atoms with Crippen molar-refractivity contribution in [3.8, 4) is 0 Å². The molecule has 3 rings (SSSR count). The van der Waals surface area contributed by atoms with E-state index in [0.717, 1.165) is 18.4 Å². The molecule has 0 atom stereocenters. The van der Waals surface area contributed by atoms with Crippen molar-refractivity contribution in [1.82, 2.24) is 4.98 Å². The van der Waals surface area contributed by atoms with E-state index in [1.807, 2.05) is 0 Å². The van der Waals surface area contributed by atoms with Crippen LogP contribution in [0.4, 0.5) is 18.9 Å². The molecular formula is C14H11F3N2O2S. The lowest BCUT2D eigenvalue weighted by Gasteiger charge is -2.06. The summed E-state index contributed by atoms with van der Waals surface area (Å²) in [6, 6.07) is 8.18. The topological polar surface area (TPSA) is 62.0 Å². The number of anilines is 1. The molecular weight excluding hydrogens is 317 g/mol. The first-order chi connectivity index (χ1) is 10.1. The van der Waals surface area contributed by atoms with E-state index >= 15 is 0 Å². The molecule has 1 heterocycles. The van der Waals surface area contributed by atoms with E-state index in [4.69, 9.17) is 0 Å². The maximum atomic E-state index is 12.7. The largest absolute Gasteiger partial charge is 0.416 e. The van der Waals surface area contributed by atoms with Gasteiger partial charge in [0.2, 0.25) is 10.0 Å². The number of H-pyrrole nitrogens is 1. The molecule has 0 unspecified atom stereocenters. The first-order valence-electron chi connectivity index (χ1n) is 6.24. The van der Waals surface area contributed by atoms with Crippen LogP contribution < -0.4 is 4.72 Å². The third kappa shape index (κ3) is 2.74. The number of alkyl halides is 3. The molecule has 0 radical (unpaired) electrons. The van der Waals surface area contributed by atoms with Crippen LogP contribution in [0.1, 0.15) is 5.56 Å². The number of nitrogens with one attached hydrogen (secondary N) is 2. The Bertz CT molecular complexity index is 975. The Labute approximate surface area is 124 Å². The van der Waals surface area contributed by atoms with Gasteiger partial charge in [0.05, 0.1) is 11.8 Å². The number of fused-ring (bicyclic) bond motifs is 3.